The standard InChI is InChI=1S/C20H17N5O/c1-25-14-17(13-23-25)19-9-11-22-12-16(19)4-7-20(26)24-18-5-2-15(3-6-18)8-10-21/h2-7,9,11-14H,8H2,1H3,(H,24,26)/b7-4+. The molecular formula is C20H17N5O. The number of carbonyl (C=O) groups is 1. The van der Waals surface area contributed by atoms with Crippen LogP contribution >= 0.6 is 0 Å². The van der Waals surface area contributed by atoms with E-state index < -0.39 is 0 Å². The number of anilines is 1. The molecule has 0 saturated heterocycles. The highest BCUT2D eigenvalue weighted by molar-refractivity contribution is 6.02. The molecule has 0 radical (unpaired) electrons. The van der Waals surface area contributed by atoms with Gasteiger partial charge in [-0.15, -0.1) is 0 Å². The largest absolute Gasteiger partial charge is 0.323 e. The number of amides is 1. The Morgan fingerprint density at radius 1 is 1.27 bits per heavy atom. The lowest BCUT2D eigenvalue weighted by atomic mass is 10.0. The van der Waals surface area contributed by atoms with Gasteiger partial charge in [-0.1, -0.05) is 12.1 Å². The van der Waals surface area contributed by atoms with E-state index in [1.807, 2.05) is 31.4 Å². The zero-order valence-corrected chi connectivity index (χ0v) is 14.3. The fourth-order valence-electron chi connectivity index (χ4n) is 2.51. The highest BCUT2D eigenvalue weighted by Gasteiger charge is 2.05. The quantitative estimate of drug-likeness (QED) is 0.721. The Kier molecular flexibility index (Phi) is 5.20. The van der Waals surface area contributed by atoms with Gasteiger partial charge >= 0.3 is 0 Å². The Labute approximate surface area is 151 Å². The number of pyridine rings is 1. The number of aromatic nitrogens is 3. The molecule has 0 saturated carbocycles. The van der Waals surface area contributed by atoms with Crippen molar-refractivity contribution in [1.82, 2.24) is 14.8 Å². The molecule has 0 aliphatic carbocycles. The minimum absolute atomic E-state index is 0.237. The molecule has 2 heterocycles. The Hall–Kier alpha value is -3.72. The summed E-state index contributed by atoms with van der Waals surface area (Å²) in [5, 5.41) is 15.7. The number of carbonyl (C=O) groups excluding carboxylic acids is 1. The number of benzene rings is 1. The van der Waals surface area contributed by atoms with Crippen LogP contribution in [-0.4, -0.2) is 20.7 Å². The first-order valence-corrected chi connectivity index (χ1v) is 8.03. The van der Waals surface area contributed by atoms with Crippen molar-refractivity contribution >= 4 is 17.7 Å². The lowest BCUT2D eigenvalue weighted by Gasteiger charge is -2.04. The third kappa shape index (κ3) is 4.22. The van der Waals surface area contributed by atoms with Crippen LogP contribution in [0.15, 0.2) is 61.2 Å². The molecule has 0 bridgehead atoms. The van der Waals surface area contributed by atoms with Gasteiger partial charge in [-0.05, 0) is 35.4 Å². The second-order valence-electron chi connectivity index (χ2n) is 5.72. The van der Waals surface area contributed by atoms with E-state index in [1.54, 1.807) is 41.5 Å². The molecule has 26 heavy (non-hydrogen) atoms. The van der Waals surface area contributed by atoms with Gasteiger partial charge in [0.2, 0.25) is 5.91 Å². The SMILES string of the molecule is Cn1cc(-c2ccncc2/C=C/C(=O)Nc2ccc(CC#N)cc2)cn1. The van der Waals surface area contributed by atoms with Crippen molar-refractivity contribution < 1.29 is 4.79 Å². The van der Waals surface area contributed by atoms with E-state index in [4.69, 9.17) is 5.26 Å². The second kappa shape index (κ2) is 7.90. The molecule has 0 spiro atoms. The molecule has 1 aromatic carbocycles. The average molecular weight is 343 g/mol. The Balaban J connectivity index is 1.72. The van der Waals surface area contributed by atoms with Crippen molar-refractivity contribution in [2.75, 3.05) is 5.32 Å². The van der Waals surface area contributed by atoms with Gasteiger partial charge in [0.1, 0.15) is 0 Å². The summed E-state index contributed by atoms with van der Waals surface area (Å²) >= 11 is 0. The first kappa shape index (κ1) is 17.1. The van der Waals surface area contributed by atoms with Crippen LogP contribution in [0.4, 0.5) is 5.69 Å². The molecular weight excluding hydrogens is 326 g/mol. The summed E-state index contributed by atoms with van der Waals surface area (Å²) in [6, 6.07) is 11.2. The second-order valence-corrected chi connectivity index (χ2v) is 5.72. The van der Waals surface area contributed by atoms with E-state index in [0.717, 1.165) is 22.3 Å². The number of aryl methyl sites for hydroxylation is 1. The Morgan fingerprint density at radius 2 is 2.08 bits per heavy atom. The lowest BCUT2D eigenvalue weighted by molar-refractivity contribution is -0.111. The van der Waals surface area contributed by atoms with Crippen molar-refractivity contribution in [1.29, 1.82) is 5.26 Å². The summed E-state index contributed by atoms with van der Waals surface area (Å²) in [5.74, 6) is -0.237. The molecule has 2 aromatic heterocycles. The van der Waals surface area contributed by atoms with Crippen molar-refractivity contribution in [2.24, 2.45) is 7.05 Å². The van der Waals surface area contributed by atoms with Crippen LogP contribution in [-0.2, 0) is 18.3 Å². The summed E-state index contributed by atoms with van der Waals surface area (Å²) in [6.07, 6.45) is 10.7. The maximum Gasteiger partial charge on any atom is 0.248 e. The fourth-order valence-corrected chi connectivity index (χ4v) is 2.51. The third-order valence-corrected chi connectivity index (χ3v) is 3.79. The van der Waals surface area contributed by atoms with E-state index in [-0.39, 0.29) is 5.91 Å². The number of hydrogen-bond donors (Lipinski definition) is 1. The normalized spacial score (nSPS) is 10.6. The monoisotopic (exact) mass is 343 g/mol. The van der Waals surface area contributed by atoms with E-state index in [0.29, 0.717) is 12.1 Å². The fraction of sp³-hybridized carbons (Fsp3) is 0.100. The molecule has 0 fully saturated rings. The van der Waals surface area contributed by atoms with Crippen LogP contribution in [0.1, 0.15) is 11.1 Å². The molecule has 0 atom stereocenters. The summed E-state index contributed by atoms with van der Waals surface area (Å²) in [6.45, 7) is 0. The van der Waals surface area contributed by atoms with Crippen LogP contribution in [0, 0.1) is 11.3 Å². The topological polar surface area (TPSA) is 83.6 Å². The Bertz CT molecular complexity index is 980. The molecule has 1 amide bonds. The average Bonchev–Trinajstić information content (AvgIpc) is 3.08. The number of nitriles is 1. The van der Waals surface area contributed by atoms with Crippen LogP contribution in [0.3, 0.4) is 0 Å². The summed E-state index contributed by atoms with van der Waals surface area (Å²) in [4.78, 5) is 16.3. The van der Waals surface area contributed by atoms with Gasteiger partial charge in [-0.3, -0.25) is 14.5 Å². The van der Waals surface area contributed by atoms with Crippen LogP contribution in [0.5, 0.6) is 0 Å². The minimum atomic E-state index is -0.237. The van der Waals surface area contributed by atoms with Crippen LogP contribution in [0.25, 0.3) is 17.2 Å². The molecule has 0 aliphatic rings. The van der Waals surface area contributed by atoms with E-state index in [1.165, 1.54) is 6.08 Å². The van der Waals surface area contributed by atoms with Gasteiger partial charge in [0.05, 0.1) is 18.7 Å². The van der Waals surface area contributed by atoms with E-state index >= 15 is 0 Å². The smallest absolute Gasteiger partial charge is 0.248 e. The van der Waals surface area contributed by atoms with Gasteiger partial charge in [-0.2, -0.15) is 10.4 Å². The molecule has 0 aliphatic heterocycles. The summed E-state index contributed by atoms with van der Waals surface area (Å²) in [7, 11) is 1.86. The molecule has 0 unspecified atom stereocenters. The van der Waals surface area contributed by atoms with Crippen molar-refractivity contribution in [3.63, 3.8) is 0 Å². The van der Waals surface area contributed by atoms with E-state index in [9.17, 15) is 4.79 Å². The molecule has 1 N–H and O–H groups in total. The maximum absolute atomic E-state index is 12.2. The van der Waals surface area contributed by atoms with Crippen molar-refractivity contribution in [3.8, 4) is 17.2 Å². The highest BCUT2D eigenvalue weighted by Crippen LogP contribution is 2.23. The van der Waals surface area contributed by atoms with Gasteiger partial charge < -0.3 is 5.32 Å². The lowest BCUT2D eigenvalue weighted by Crippen LogP contribution is -2.07. The predicted molar refractivity (Wildman–Crippen MR) is 99.9 cm³/mol. The zero-order valence-electron chi connectivity index (χ0n) is 14.3. The number of hydrogen-bond acceptors (Lipinski definition) is 4. The number of rotatable bonds is 5. The van der Waals surface area contributed by atoms with Crippen LogP contribution in [0.2, 0.25) is 0 Å². The van der Waals surface area contributed by atoms with Crippen LogP contribution < -0.4 is 5.32 Å². The first-order valence-electron chi connectivity index (χ1n) is 8.03. The van der Waals surface area contributed by atoms with Gasteiger partial charge in [0.25, 0.3) is 0 Å². The Morgan fingerprint density at radius 3 is 2.77 bits per heavy atom. The molecule has 6 heteroatoms. The van der Waals surface area contributed by atoms with Gasteiger partial charge in [0.15, 0.2) is 0 Å². The number of nitrogens with zero attached hydrogens (tertiary/aromatic N) is 4. The third-order valence-electron chi connectivity index (χ3n) is 3.79. The van der Waals surface area contributed by atoms with Crippen molar-refractivity contribution in [2.45, 2.75) is 6.42 Å². The predicted octanol–water partition coefficient (Wildman–Crippen LogP) is 3.20. The minimum Gasteiger partial charge on any atom is -0.323 e. The van der Waals surface area contributed by atoms with Gasteiger partial charge in [0, 0.05) is 48.5 Å². The number of nitrogens with one attached hydrogen (secondary N) is 1. The first-order chi connectivity index (χ1) is 12.7. The highest BCUT2D eigenvalue weighted by atomic mass is 16.1. The zero-order chi connectivity index (χ0) is 18.4. The summed E-state index contributed by atoms with van der Waals surface area (Å²) in [5.41, 5.74) is 4.35. The molecule has 6 nitrogen and oxygen atoms in total. The van der Waals surface area contributed by atoms with E-state index in [2.05, 4.69) is 21.5 Å². The van der Waals surface area contributed by atoms with Gasteiger partial charge in [-0.25, -0.2) is 0 Å². The molecule has 128 valence electrons. The molecule has 3 rings (SSSR count). The maximum atomic E-state index is 12.2. The van der Waals surface area contributed by atoms with Crippen molar-refractivity contribution in [3.05, 3.63) is 72.3 Å². The molecule has 3 aromatic rings. The summed E-state index contributed by atoms with van der Waals surface area (Å²) < 4.78 is 1.73.